The van der Waals surface area contributed by atoms with Crippen LogP contribution < -0.4 is 69.7 Å². The number of hydrogen-bond donors (Lipinski definition) is 7. The van der Waals surface area contributed by atoms with Gasteiger partial charge < -0.3 is 85.1 Å². The van der Waals surface area contributed by atoms with E-state index in [0.29, 0.717) is 111 Å². The first-order valence-corrected chi connectivity index (χ1v) is 43.0. The SMILES string of the molecule is CC(C)(C)C.COC(=O)c1cc(CC(=O)[C@H](CCCCNC(=O)OCc2ccccc2)NC(=O)c2cc(CC(=O)[C@@H](C)CCCCNC(=O)OCc3ccccc3)ccc2OC)ccc1OC.COc1ccc(CC(=O)[C@H](CCCCNC(=O)OCc2ccccc2)NC(=O)c2cc(CC(=O)[C@@H](C)CCCCNC(=O)OCc3ccccc3)ccc2OC)cc1C(=O)O.[Li+].[OH-]. The summed E-state index contributed by atoms with van der Waals surface area (Å²) in [4.78, 5) is 155. The summed E-state index contributed by atoms with van der Waals surface area (Å²) in [5.41, 5.74) is 6.51. The van der Waals surface area contributed by atoms with Gasteiger partial charge in [-0.25, -0.2) is 28.8 Å². The van der Waals surface area contributed by atoms with Crippen LogP contribution in [0.5, 0.6) is 23.0 Å². The molecule has 0 bridgehead atoms. The number of carboxylic acids is 1. The summed E-state index contributed by atoms with van der Waals surface area (Å²) in [6.45, 7) is 14.5. The Kier molecular flexibility index (Phi) is 50.6. The Labute approximate surface area is 774 Å². The fraction of sp³-hybridized carbons (Fsp3) is 0.400. The fourth-order valence-electron chi connectivity index (χ4n) is 13.0. The topological polar surface area (TPSA) is 410 Å². The van der Waals surface area contributed by atoms with Crippen molar-refractivity contribution in [3.63, 3.8) is 0 Å². The summed E-state index contributed by atoms with van der Waals surface area (Å²) in [7, 11) is 6.88. The van der Waals surface area contributed by atoms with Crippen LogP contribution in [0.15, 0.2) is 194 Å². The van der Waals surface area contributed by atoms with Crippen molar-refractivity contribution in [2.24, 2.45) is 17.3 Å². The number of methoxy groups -OCH3 is 5. The Bertz CT molecular complexity index is 4870. The van der Waals surface area contributed by atoms with Crippen molar-refractivity contribution in [1.82, 2.24) is 31.9 Å². The number of esters is 1. The van der Waals surface area contributed by atoms with Crippen molar-refractivity contribution in [1.29, 1.82) is 0 Å². The van der Waals surface area contributed by atoms with Crippen LogP contribution in [-0.2, 0) is 95.0 Å². The van der Waals surface area contributed by atoms with Crippen molar-refractivity contribution >= 4 is 71.3 Å². The second-order valence-electron chi connectivity index (χ2n) is 32.3. The minimum Gasteiger partial charge on any atom is -0.870 e. The fourth-order valence-corrected chi connectivity index (χ4v) is 13.0. The number of aromatic carboxylic acids is 1. The van der Waals surface area contributed by atoms with Crippen LogP contribution in [0.4, 0.5) is 19.2 Å². The van der Waals surface area contributed by atoms with E-state index < -0.39 is 60.2 Å². The molecule has 8 aromatic carbocycles. The maximum Gasteiger partial charge on any atom is 1.00 e. The van der Waals surface area contributed by atoms with Gasteiger partial charge >= 0.3 is 55.2 Å². The van der Waals surface area contributed by atoms with Crippen LogP contribution in [0.2, 0.25) is 0 Å². The zero-order chi connectivity index (χ0) is 93.2. The van der Waals surface area contributed by atoms with Crippen molar-refractivity contribution in [2.75, 3.05) is 61.7 Å². The number of amides is 6. The maximum atomic E-state index is 13.9. The number of ketones is 4. The predicted molar refractivity (Wildman–Crippen MR) is 487 cm³/mol. The van der Waals surface area contributed by atoms with Crippen molar-refractivity contribution in [3.05, 3.63) is 261 Å². The normalized spacial score (nSPS) is 11.5. The van der Waals surface area contributed by atoms with Crippen LogP contribution in [0.25, 0.3) is 0 Å². The van der Waals surface area contributed by atoms with E-state index >= 15 is 0 Å². The summed E-state index contributed by atoms with van der Waals surface area (Å²) in [5.74, 6) is -3.26. The van der Waals surface area contributed by atoms with Crippen LogP contribution >= 0.6 is 0 Å². The Morgan fingerprint density at radius 2 is 0.569 bits per heavy atom. The second kappa shape index (κ2) is 60.1. The number of hydrogen-bond acceptors (Lipinski definition) is 22. The van der Waals surface area contributed by atoms with Gasteiger partial charge in [-0.3, -0.25) is 28.8 Å². The molecule has 0 saturated heterocycles. The maximum absolute atomic E-state index is 13.9. The van der Waals surface area contributed by atoms with Gasteiger partial charge in [0, 0.05) is 63.7 Å². The third kappa shape index (κ3) is 41.9. The van der Waals surface area contributed by atoms with Crippen LogP contribution in [0.3, 0.4) is 0 Å². The molecule has 130 heavy (non-hydrogen) atoms. The Morgan fingerprint density at radius 3 is 0.838 bits per heavy atom. The standard InChI is InChI=1S/C48H57N3O11.C47H55N3O11.C5H12.Li.H2O/c1-33(15-11-13-25-49-47(56)61-31-34-16-7-5-8-17-34)41(52)29-36-21-23-43(58-2)38(27-36)45(54)51-40(20-12-14-26-50-48(57)62-32-35-18-9-6-10-19-35)42(53)30-37-22-24-44(59-3)39(28-37)46(55)60-4;1-32(14-10-12-24-48-46(56)60-30-33-15-6-4-7-16-33)40(51)28-35-20-22-42(58-2)37(26-35)44(53)50-39(41(52)29-36-21-23-43(59-3)38(27-36)45(54)55)19-11-13-25-49-47(57)61-31-34-17-8-5-9-18-34;1-5(2,3)4;;/h5-10,16-19,21-24,27-28,33,40H,11-15,20,25-26,29-32H2,1-4H3,(H,49,56)(H,50,57)(H,51,54);4-9,15-18,20-23,26-27,32,39H,10-14,19,24-25,28-31H2,1-3H3,(H,48,56)(H,49,57)(H,50,53)(H,54,55);1-4H3;;1H2/q;;;+1;/p-1/t33-,40-;32-,39-;;;/m00.../s1. The van der Waals surface area contributed by atoms with E-state index in [4.69, 9.17) is 42.6 Å². The molecule has 0 heterocycles. The average molecular weight is 1790 g/mol. The third-order valence-electron chi connectivity index (χ3n) is 20.1. The van der Waals surface area contributed by atoms with Gasteiger partial charge in [0.2, 0.25) is 0 Å². The summed E-state index contributed by atoms with van der Waals surface area (Å²) in [6.07, 6.45) is 4.06. The molecular weight excluding hydrogens is 1660 g/mol. The molecule has 8 N–H and O–H groups in total. The summed E-state index contributed by atoms with van der Waals surface area (Å²) < 4.78 is 47.4. The van der Waals surface area contributed by atoms with Gasteiger partial charge in [-0.05, 0) is 163 Å². The van der Waals surface area contributed by atoms with E-state index in [1.54, 1.807) is 54.6 Å². The number of Topliss-reactive ketones (excluding diaryl/α,β-unsaturated/α-hetero) is 4. The van der Waals surface area contributed by atoms with E-state index in [2.05, 4.69) is 59.6 Å². The van der Waals surface area contributed by atoms with Crippen LogP contribution in [0.1, 0.15) is 205 Å². The zero-order valence-corrected chi connectivity index (χ0v) is 76.7. The molecule has 6 amide bonds. The number of nitrogens with one attached hydrogen (secondary N) is 6. The molecule has 0 aliphatic heterocycles. The third-order valence-corrected chi connectivity index (χ3v) is 20.1. The van der Waals surface area contributed by atoms with Crippen LogP contribution in [0, 0.1) is 17.3 Å². The predicted octanol–water partition coefficient (Wildman–Crippen LogP) is 13.5. The summed E-state index contributed by atoms with van der Waals surface area (Å²) >= 11 is 0. The number of alkyl carbamates (subject to hydrolysis) is 4. The molecule has 8 rings (SSSR count). The first kappa shape index (κ1) is 109. The van der Waals surface area contributed by atoms with Gasteiger partial charge in [-0.2, -0.15) is 0 Å². The van der Waals surface area contributed by atoms with Gasteiger partial charge in [-0.15, -0.1) is 0 Å². The molecule has 0 unspecified atom stereocenters. The smallest absolute Gasteiger partial charge is 0.870 e. The molecule has 0 aromatic heterocycles. The van der Waals surface area contributed by atoms with Crippen molar-refractivity contribution in [3.8, 4) is 23.0 Å². The number of rotatable bonds is 50. The molecule has 0 aliphatic rings. The largest absolute Gasteiger partial charge is 1.00 e. The molecule has 4 atom stereocenters. The molecule has 8 aromatic rings. The molecule has 0 fully saturated rings. The molecule has 29 nitrogen and oxygen atoms in total. The number of carbonyl (C=O) groups excluding carboxylic acids is 11. The minimum atomic E-state index is -1.21. The monoisotopic (exact) mass is 1780 g/mol. The number of carbonyl (C=O) groups is 12. The van der Waals surface area contributed by atoms with Gasteiger partial charge in [0.05, 0.1) is 58.8 Å². The van der Waals surface area contributed by atoms with E-state index in [9.17, 15) is 62.6 Å². The molecule has 694 valence electrons. The van der Waals surface area contributed by atoms with Crippen LogP contribution in [-0.4, -0.2) is 156 Å². The van der Waals surface area contributed by atoms with Gasteiger partial charge in [-0.1, -0.05) is 200 Å². The van der Waals surface area contributed by atoms with E-state index in [0.717, 1.165) is 22.3 Å². The zero-order valence-electron chi connectivity index (χ0n) is 76.7. The Hall–Kier alpha value is -12.8. The molecule has 30 heteroatoms. The second-order valence-corrected chi connectivity index (χ2v) is 32.3. The number of unbranched alkanes of at least 4 members (excludes halogenated alkanes) is 4. The first-order valence-electron chi connectivity index (χ1n) is 43.0. The number of carboxylic acid groups (broad SMARTS) is 1. The molecular formula is C100H125LiN6O23. The number of benzene rings is 8. The Balaban J connectivity index is 0.000000510. The van der Waals surface area contributed by atoms with E-state index in [-0.39, 0.29) is 177 Å². The van der Waals surface area contributed by atoms with E-state index in [1.165, 1.54) is 53.7 Å². The quantitative estimate of drug-likeness (QED) is 0.00806. The molecule has 0 saturated carbocycles. The summed E-state index contributed by atoms with van der Waals surface area (Å²) in [5, 5.41) is 26.3. The van der Waals surface area contributed by atoms with Gasteiger partial charge in [0.25, 0.3) is 11.8 Å². The first-order chi connectivity index (χ1) is 61.5. The Morgan fingerprint density at radius 1 is 0.323 bits per heavy atom. The average Bonchev–Trinajstić information content (AvgIpc) is 0.843. The van der Waals surface area contributed by atoms with E-state index in [1.807, 2.05) is 135 Å². The molecule has 0 aliphatic carbocycles. The summed E-state index contributed by atoms with van der Waals surface area (Å²) in [6, 6.07) is 54.5. The minimum absolute atomic E-state index is 0. The molecule has 0 spiro atoms. The number of ether oxygens (including phenoxy) is 9. The van der Waals surface area contributed by atoms with Crippen molar-refractivity contribution in [2.45, 2.75) is 183 Å². The van der Waals surface area contributed by atoms with Gasteiger partial charge in [0.1, 0.15) is 72.1 Å². The van der Waals surface area contributed by atoms with Gasteiger partial charge in [0.15, 0.2) is 11.6 Å². The molecule has 0 radical (unpaired) electrons. The van der Waals surface area contributed by atoms with Crippen molar-refractivity contribution < 1.29 is 130 Å².